The van der Waals surface area contributed by atoms with E-state index in [0.717, 1.165) is 20.6 Å². The Morgan fingerprint density at radius 2 is 1.95 bits per heavy atom. The Bertz CT molecular complexity index is 600. The first-order valence-corrected chi connectivity index (χ1v) is 13.0. The van der Waals surface area contributed by atoms with Crippen LogP contribution >= 0.6 is 45.3 Å². The van der Waals surface area contributed by atoms with Crippen LogP contribution in [0.1, 0.15) is 15.2 Å². The van der Waals surface area contributed by atoms with E-state index in [9.17, 15) is 4.79 Å². The van der Waals surface area contributed by atoms with E-state index in [4.69, 9.17) is 0 Å². The number of nitrogens with one attached hydrogen (secondary N) is 1. The fourth-order valence-corrected chi connectivity index (χ4v) is 5.27. The molecule has 0 aliphatic rings. The standard InChI is InChI=1S/C14H18INOS2Si/c1-20(2,3)9-6-12-11(5-8-18-12)16-14(17)10-4-7-19-13(10)15/h4-5,7-8H,6,9H2,1-3H3,(H,16,17). The Labute approximate surface area is 142 Å². The molecule has 2 heterocycles. The lowest BCUT2D eigenvalue weighted by molar-refractivity contribution is 0.102. The summed E-state index contributed by atoms with van der Waals surface area (Å²) in [4.78, 5) is 13.5. The van der Waals surface area contributed by atoms with Gasteiger partial charge in [0.15, 0.2) is 0 Å². The van der Waals surface area contributed by atoms with Crippen molar-refractivity contribution >= 4 is 64.9 Å². The van der Waals surface area contributed by atoms with Crippen LogP contribution < -0.4 is 5.32 Å². The summed E-state index contributed by atoms with van der Waals surface area (Å²) in [5.41, 5.74) is 1.76. The number of hydrogen-bond acceptors (Lipinski definition) is 3. The van der Waals surface area contributed by atoms with Crippen LogP contribution in [0, 0.1) is 2.88 Å². The van der Waals surface area contributed by atoms with Crippen LogP contribution in [-0.4, -0.2) is 14.0 Å². The first-order valence-electron chi connectivity index (χ1n) is 6.47. The van der Waals surface area contributed by atoms with Gasteiger partial charge in [-0.25, -0.2) is 0 Å². The van der Waals surface area contributed by atoms with Crippen LogP contribution in [0.25, 0.3) is 0 Å². The van der Waals surface area contributed by atoms with Crippen molar-refractivity contribution in [3.8, 4) is 0 Å². The molecular formula is C14H18INOS2Si. The van der Waals surface area contributed by atoms with Gasteiger partial charge in [0.05, 0.1) is 14.1 Å². The maximum absolute atomic E-state index is 12.3. The number of carbonyl (C=O) groups is 1. The van der Waals surface area contributed by atoms with E-state index in [1.165, 1.54) is 10.9 Å². The van der Waals surface area contributed by atoms with Crippen molar-refractivity contribution in [1.29, 1.82) is 0 Å². The maximum Gasteiger partial charge on any atom is 0.257 e. The molecule has 0 aliphatic heterocycles. The van der Waals surface area contributed by atoms with Crippen LogP contribution in [0.5, 0.6) is 0 Å². The molecule has 1 amide bonds. The Morgan fingerprint density at radius 1 is 1.25 bits per heavy atom. The molecule has 1 N–H and O–H groups in total. The quantitative estimate of drug-likeness (QED) is 0.485. The van der Waals surface area contributed by atoms with Crippen molar-refractivity contribution in [2.75, 3.05) is 5.32 Å². The maximum atomic E-state index is 12.3. The van der Waals surface area contributed by atoms with Crippen LogP contribution in [0.2, 0.25) is 25.7 Å². The number of aryl methyl sites for hydroxylation is 1. The summed E-state index contributed by atoms with van der Waals surface area (Å²) in [6, 6.07) is 5.16. The summed E-state index contributed by atoms with van der Waals surface area (Å²) in [6.07, 6.45) is 1.07. The Hall–Kier alpha value is -0.183. The van der Waals surface area contributed by atoms with Gasteiger partial charge in [-0.3, -0.25) is 4.79 Å². The lowest BCUT2D eigenvalue weighted by Crippen LogP contribution is -2.20. The molecule has 2 aromatic heterocycles. The Balaban J connectivity index is 2.06. The number of carbonyl (C=O) groups excluding carboxylic acids is 1. The number of amides is 1. The van der Waals surface area contributed by atoms with Gasteiger partial charge in [0.25, 0.3) is 5.91 Å². The molecule has 0 spiro atoms. The average molecular weight is 435 g/mol. The summed E-state index contributed by atoms with van der Waals surface area (Å²) in [5.74, 6) is 0.00306. The smallest absolute Gasteiger partial charge is 0.257 e. The molecule has 108 valence electrons. The third kappa shape index (κ3) is 4.41. The number of halogens is 1. The van der Waals surface area contributed by atoms with E-state index >= 15 is 0 Å². The molecule has 0 saturated carbocycles. The minimum absolute atomic E-state index is 0.00306. The molecular weight excluding hydrogens is 417 g/mol. The summed E-state index contributed by atoms with van der Waals surface area (Å²) in [6.45, 7) is 7.14. The highest BCUT2D eigenvalue weighted by Gasteiger charge is 2.17. The molecule has 0 unspecified atom stereocenters. The van der Waals surface area contributed by atoms with E-state index in [2.05, 4.69) is 52.9 Å². The molecule has 0 radical (unpaired) electrons. The molecule has 0 aliphatic carbocycles. The predicted molar refractivity (Wildman–Crippen MR) is 101 cm³/mol. The van der Waals surface area contributed by atoms with E-state index in [0.29, 0.717) is 0 Å². The summed E-state index contributed by atoms with van der Waals surface area (Å²) < 4.78 is 1.04. The minimum Gasteiger partial charge on any atom is -0.321 e. The van der Waals surface area contributed by atoms with E-state index in [1.54, 1.807) is 22.7 Å². The van der Waals surface area contributed by atoms with Gasteiger partial charge in [0, 0.05) is 13.0 Å². The minimum atomic E-state index is -1.04. The molecule has 0 atom stereocenters. The van der Waals surface area contributed by atoms with Gasteiger partial charge in [-0.05, 0) is 51.9 Å². The third-order valence-electron chi connectivity index (χ3n) is 2.96. The highest BCUT2D eigenvalue weighted by Crippen LogP contribution is 2.27. The van der Waals surface area contributed by atoms with Crippen molar-refractivity contribution in [3.63, 3.8) is 0 Å². The highest BCUT2D eigenvalue weighted by atomic mass is 127. The van der Waals surface area contributed by atoms with Crippen molar-refractivity contribution < 1.29 is 4.79 Å². The first-order chi connectivity index (χ1) is 9.37. The van der Waals surface area contributed by atoms with Gasteiger partial charge in [-0.15, -0.1) is 22.7 Å². The topological polar surface area (TPSA) is 29.1 Å². The second-order valence-corrected chi connectivity index (χ2v) is 15.2. The molecule has 0 bridgehead atoms. The van der Waals surface area contributed by atoms with Gasteiger partial charge in [0.2, 0.25) is 0 Å². The molecule has 0 aromatic carbocycles. The molecule has 2 rings (SSSR count). The van der Waals surface area contributed by atoms with Crippen molar-refractivity contribution in [1.82, 2.24) is 0 Å². The van der Waals surface area contributed by atoms with Crippen LogP contribution in [0.15, 0.2) is 22.9 Å². The molecule has 0 fully saturated rings. The normalized spacial score (nSPS) is 11.6. The summed E-state index contributed by atoms with van der Waals surface area (Å²) in [5, 5.41) is 7.08. The molecule has 2 aromatic rings. The first kappa shape index (κ1) is 16.2. The second kappa shape index (κ2) is 6.72. The van der Waals surface area contributed by atoms with Crippen LogP contribution in [0.4, 0.5) is 5.69 Å². The monoisotopic (exact) mass is 435 g/mol. The van der Waals surface area contributed by atoms with Gasteiger partial charge in [-0.1, -0.05) is 25.7 Å². The van der Waals surface area contributed by atoms with Crippen molar-refractivity contribution in [2.24, 2.45) is 0 Å². The molecule has 20 heavy (non-hydrogen) atoms. The fraction of sp³-hybridized carbons (Fsp3) is 0.357. The fourth-order valence-electron chi connectivity index (χ4n) is 1.78. The van der Waals surface area contributed by atoms with Crippen LogP contribution in [-0.2, 0) is 6.42 Å². The van der Waals surface area contributed by atoms with Crippen molar-refractivity contribution in [3.05, 3.63) is 36.2 Å². The van der Waals surface area contributed by atoms with E-state index in [1.807, 2.05) is 17.5 Å². The SMILES string of the molecule is C[Si](C)(C)CCc1sccc1NC(=O)c1ccsc1I. The molecule has 6 heteroatoms. The Kier molecular flexibility index (Phi) is 5.44. The van der Waals surface area contributed by atoms with Crippen molar-refractivity contribution in [2.45, 2.75) is 32.1 Å². The zero-order valence-corrected chi connectivity index (χ0v) is 16.6. The Morgan fingerprint density at radius 3 is 2.55 bits per heavy atom. The number of rotatable bonds is 5. The zero-order valence-electron chi connectivity index (χ0n) is 11.8. The lowest BCUT2D eigenvalue weighted by atomic mass is 10.3. The number of hydrogen-bond donors (Lipinski definition) is 1. The molecule has 0 saturated heterocycles. The highest BCUT2D eigenvalue weighted by molar-refractivity contribution is 14.1. The van der Waals surface area contributed by atoms with Gasteiger partial charge in [0.1, 0.15) is 0 Å². The number of anilines is 1. The summed E-state index contributed by atoms with van der Waals surface area (Å²) >= 11 is 5.55. The zero-order chi connectivity index (χ0) is 14.8. The second-order valence-electron chi connectivity index (χ2n) is 5.88. The largest absolute Gasteiger partial charge is 0.321 e. The van der Waals surface area contributed by atoms with Gasteiger partial charge >= 0.3 is 0 Å². The van der Waals surface area contributed by atoms with Crippen LogP contribution in [0.3, 0.4) is 0 Å². The van der Waals surface area contributed by atoms with E-state index in [-0.39, 0.29) is 5.91 Å². The lowest BCUT2D eigenvalue weighted by Gasteiger charge is -2.15. The van der Waals surface area contributed by atoms with E-state index < -0.39 is 8.07 Å². The predicted octanol–water partition coefficient (Wildman–Crippen LogP) is 5.55. The molecule has 2 nitrogen and oxygen atoms in total. The summed E-state index contributed by atoms with van der Waals surface area (Å²) in [7, 11) is -1.04. The van der Waals surface area contributed by atoms with Gasteiger partial charge in [-0.2, -0.15) is 0 Å². The number of thiophene rings is 2. The average Bonchev–Trinajstić information content (AvgIpc) is 2.94. The van der Waals surface area contributed by atoms with Gasteiger partial charge < -0.3 is 5.32 Å². The third-order valence-corrected chi connectivity index (χ3v) is 7.73.